The van der Waals surface area contributed by atoms with Gasteiger partial charge in [0, 0.05) is 24.9 Å². The molecule has 0 atom stereocenters. The van der Waals surface area contributed by atoms with E-state index in [1.165, 1.54) is 0 Å². The van der Waals surface area contributed by atoms with Gasteiger partial charge >= 0.3 is 5.97 Å². The summed E-state index contributed by atoms with van der Waals surface area (Å²) in [5, 5.41) is 13.5. The predicted octanol–water partition coefficient (Wildman–Crippen LogP) is 1.67. The molecule has 0 amide bonds. The van der Waals surface area contributed by atoms with Gasteiger partial charge in [-0.15, -0.1) is 5.10 Å². The van der Waals surface area contributed by atoms with Crippen molar-refractivity contribution in [1.29, 1.82) is 0 Å². The van der Waals surface area contributed by atoms with Crippen LogP contribution in [0.1, 0.15) is 28.4 Å². The molecule has 0 aliphatic heterocycles. The van der Waals surface area contributed by atoms with Gasteiger partial charge in [-0.3, -0.25) is 4.68 Å². The van der Waals surface area contributed by atoms with Crippen LogP contribution < -0.4 is 4.74 Å². The van der Waals surface area contributed by atoms with E-state index in [9.17, 15) is 9.90 Å². The number of aliphatic hydroxyl groups excluding tert-OH is 1. The number of ether oxygens (including phenoxy) is 2. The molecule has 112 valence electrons. The molecule has 1 aromatic carbocycles. The summed E-state index contributed by atoms with van der Waals surface area (Å²) in [6.45, 7) is 2.01. The Bertz CT molecular complexity index is 622. The zero-order valence-electron chi connectivity index (χ0n) is 12.1. The molecule has 0 fully saturated rings. The van der Waals surface area contributed by atoms with Crippen molar-refractivity contribution in [2.24, 2.45) is 7.05 Å². The van der Waals surface area contributed by atoms with Gasteiger partial charge in [0.25, 0.3) is 0 Å². The van der Waals surface area contributed by atoms with Gasteiger partial charge in [0.2, 0.25) is 5.88 Å². The second kappa shape index (κ2) is 6.90. The van der Waals surface area contributed by atoms with E-state index >= 15 is 0 Å². The van der Waals surface area contributed by atoms with Crippen LogP contribution in [0, 0.1) is 0 Å². The summed E-state index contributed by atoms with van der Waals surface area (Å²) in [4.78, 5) is 12.0. The van der Waals surface area contributed by atoms with E-state index in [0.717, 1.165) is 0 Å². The van der Waals surface area contributed by atoms with Crippen LogP contribution in [0.15, 0.2) is 30.5 Å². The summed E-state index contributed by atoms with van der Waals surface area (Å²) in [7, 11) is 1.79. The number of nitrogens with zero attached hydrogens (tertiary/aromatic N) is 2. The summed E-state index contributed by atoms with van der Waals surface area (Å²) in [6, 6.07) is 6.85. The van der Waals surface area contributed by atoms with Crippen LogP contribution in [-0.2, 0) is 25.0 Å². The smallest absolute Gasteiger partial charge is 0.338 e. The first-order valence-corrected chi connectivity index (χ1v) is 6.67. The van der Waals surface area contributed by atoms with Crippen LogP contribution in [0.3, 0.4) is 0 Å². The molecule has 6 nitrogen and oxygen atoms in total. The zero-order chi connectivity index (χ0) is 15.2. The number of carbonyl (C=O) groups excluding carboxylic acids is 1. The summed E-state index contributed by atoms with van der Waals surface area (Å²) < 4.78 is 12.2. The topological polar surface area (TPSA) is 73.6 Å². The SMILES string of the molecule is CCOC(=O)c1cccc(CO)c1COc1ccn(C)n1. The maximum Gasteiger partial charge on any atom is 0.338 e. The molecule has 0 saturated carbocycles. The van der Waals surface area contributed by atoms with Crippen LogP contribution in [0.5, 0.6) is 5.88 Å². The number of esters is 1. The van der Waals surface area contributed by atoms with Gasteiger partial charge in [-0.1, -0.05) is 12.1 Å². The number of hydrogen-bond acceptors (Lipinski definition) is 5. The van der Waals surface area contributed by atoms with E-state index < -0.39 is 5.97 Å². The van der Waals surface area contributed by atoms with Crippen molar-refractivity contribution in [1.82, 2.24) is 9.78 Å². The quantitative estimate of drug-likeness (QED) is 0.819. The molecular formula is C15H18N2O4. The summed E-state index contributed by atoms with van der Waals surface area (Å²) >= 11 is 0. The molecule has 1 N–H and O–H groups in total. The molecule has 0 aliphatic rings. The summed E-state index contributed by atoms with van der Waals surface area (Å²) in [5.74, 6) is 0.0347. The van der Waals surface area contributed by atoms with Crippen molar-refractivity contribution in [2.75, 3.05) is 6.61 Å². The molecule has 0 radical (unpaired) electrons. The number of benzene rings is 1. The highest BCUT2D eigenvalue weighted by molar-refractivity contribution is 5.91. The second-order valence-corrected chi connectivity index (χ2v) is 4.44. The molecule has 21 heavy (non-hydrogen) atoms. The van der Waals surface area contributed by atoms with Crippen molar-refractivity contribution in [3.63, 3.8) is 0 Å². The van der Waals surface area contributed by atoms with Gasteiger partial charge in [0.05, 0.1) is 18.8 Å². The van der Waals surface area contributed by atoms with Gasteiger partial charge < -0.3 is 14.6 Å². The highest BCUT2D eigenvalue weighted by Gasteiger charge is 2.16. The van der Waals surface area contributed by atoms with Crippen LogP contribution in [0.4, 0.5) is 0 Å². The third-order valence-electron chi connectivity index (χ3n) is 2.99. The Hall–Kier alpha value is -2.34. The average Bonchev–Trinajstić information content (AvgIpc) is 2.90. The van der Waals surface area contributed by atoms with Gasteiger partial charge in [-0.25, -0.2) is 4.79 Å². The first kappa shape index (κ1) is 15.1. The van der Waals surface area contributed by atoms with E-state index in [2.05, 4.69) is 5.10 Å². The van der Waals surface area contributed by atoms with Crippen molar-refractivity contribution in [2.45, 2.75) is 20.1 Å². The predicted molar refractivity (Wildman–Crippen MR) is 75.9 cm³/mol. The lowest BCUT2D eigenvalue weighted by Gasteiger charge is -2.13. The van der Waals surface area contributed by atoms with Crippen LogP contribution in [0.25, 0.3) is 0 Å². The lowest BCUT2D eigenvalue weighted by molar-refractivity contribution is 0.0523. The average molecular weight is 290 g/mol. The van der Waals surface area contributed by atoms with Gasteiger partial charge in [-0.2, -0.15) is 0 Å². The third kappa shape index (κ3) is 3.61. The Morgan fingerprint density at radius 1 is 1.38 bits per heavy atom. The highest BCUT2D eigenvalue weighted by atomic mass is 16.5. The fourth-order valence-electron chi connectivity index (χ4n) is 1.97. The monoisotopic (exact) mass is 290 g/mol. The minimum Gasteiger partial charge on any atom is -0.472 e. The molecular weight excluding hydrogens is 272 g/mol. The second-order valence-electron chi connectivity index (χ2n) is 4.44. The van der Waals surface area contributed by atoms with Crippen molar-refractivity contribution in [3.05, 3.63) is 47.2 Å². The third-order valence-corrected chi connectivity index (χ3v) is 2.99. The van der Waals surface area contributed by atoms with Crippen LogP contribution >= 0.6 is 0 Å². The molecule has 0 unspecified atom stereocenters. The Morgan fingerprint density at radius 2 is 2.19 bits per heavy atom. The van der Waals surface area contributed by atoms with Crippen molar-refractivity contribution >= 4 is 5.97 Å². The Balaban J connectivity index is 2.24. The van der Waals surface area contributed by atoms with E-state index in [4.69, 9.17) is 9.47 Å². The van der Waals surface area contributed by atoms with Crippen molar-refractivity contribution < 1.29 is 19.4 Å². The van der Waals surface area contributed by atoms with Gasteiger partial charge in [0.1, 0.15) is 6.61 Å². The first-order chi connectivity index (χ1) is 10.2. The Morgan fingerprint density at radius 3 is 2.81 bits per heavy atom. The molecule has 1 aromatic heterocycles. The van der Waals surface area contributed by atoms with Crippen LogP contribution in [0.2, 0.25) is 0 Å². The van der Waals surface area contributed by atoms with E-state index in [0.29, 0.717) is 29.2 Å². The Labute approximate surface area is 122 Å². The number of hydrogen-bond donors (Lipinski definition) is 1. The maximum absolute atomic E-state index is 12.0. The number of aryl methyl sites for hydroxylation is 1. The highest BCUT2D eigenvalue weighted by Crippen LogP contribution is 2.19. The molecule has 6 heteroatoms. The number of carbonyl (C=O) groups is 1. The molecule has 1 heterocycles. The standard InChI is InChI=1S/C15H18N2O4/c1-3-20-15(19)12-6-4-5-11(9-18)13(12)10-21-14-7-8-17(2)16-14/h4-8,18H,3,9-10H2,1-2H3. The van der Waals surface area contributed by atoms with Gasteiger partial charge in [0.15, 0.2) is 0 Å². The normalized spacial score (nSPS) is 10.4. The van der Waals surface area contributed by atoms with Crippen LogP contribution in [-0.4, -0.2) is 27.5 Å². The van der Waals surface area contributed by atoms with Crippen molar-refractivity contribution in [3.8, 4) is 5.88 Å². The molecule has 0 saturated heterocycles. The fourth-order valence-corrected chi connectivity index (χ4v) is 1.97. The molecule has 2 rings (SSSR count). The summed E-state index contributed by atoms with van der Waals surface area (Å²) in [5.41, 5.74) is 1.65. The minimum atomic E-state index is -0.424. The molecule has 0 aliphatic carbocycles. The lowest BCUT2D eigenvalue weighted by atomic mass is 10.0. The fraction of sp³-hybridized carbons (Fsp3) is 0.333. The minimum absolute atomic E-state index is 0.141. The molecule has 2 aromatic rings. The number of aliphatic hydroxyl groups is 1. The Kier molecular flexibility index (Phi) is 4.94. The number of aromatic nitrogens is 2. The molecule has 0 spiro atoms. The van der Waals surface area contributed by atoms with E-state index in [1.807, 2.05) is 0 Å². The summed E-state index contributed by atoms with van der Waals surface area (Å²) in [6.07, 6.45) is 1.76. The largest absolute Gasteiger partial charge is 0.472 e. The van der Waals surface area contributed by atoms with Gasteiger partial charge in [-0.05, 0) is 18.6 Å². The first-order valence-electron chi connectivity index (χ1n) is 6.67. The molecule has 0 bridgehead atoms. The maximum atomic E-state index is 12.0. The zero-order valence-corrected chi connectivity index (χ0v) is 12.1. The number of rotatable bonds is 6. The lowest BCUT2D eigenvalue weighted by Crippen LogP contribution is -2.12. The van der Waals surface area contributed by atoms with E-state index in [1.54, 1.807) is 49.1 Å². The van der Waals surface area contributed by atoms with E-state index in [-0.39, 0.29) is 13.2 Å².